The minimum atomic E-state index is -0.288. The van der Waals surface area contributed by atoms with E-state index in [9.17, 15) is 9.18 Å². The van der Waals surface area contributed by atoms with E-state index in [0.717, 1.165) is 25.0 Å². The second-order valence-corrected chi connectivity index (χ2v) is 5.58. The molecule has 2 aromatic rings. The molecule has 23 heavy (non-hydrogen) atoms. The largest absolute Gasteiger partial charge is 0.376 e. The van der Waals surface area contributed by atoms with Crippen LogP contribution in [0, 0.1) is 5.82 Å². The fourth-order valence-electron chi connectivity index (χ4n) is 2.66. The second-order valence-electron chi connectivity index (χ2n) is 5.58. The Morgan fingerprint density at radius 2 is 2.09 bits per heavy atom. The smallest absolute Gasteiger partial charge is 0.255 e. The van der Waals surface area contributed by atoms with Gasteiger partial charge in [0.25, 0.3) is 5.91 Å². The van der Waals surface area contributed by atoms with Gasteiger partial charge >= 0.3 is 0 Å². The number of aromatic nitrogens is 2. The van der Waals surface area contributed by atoms with Crippen molar-refractivity contribution in [2.75, 3.05) is 13.2 Å². The van der Waals surface area contributed by atoms with E-state index in [0.29, 0.717) is 18.7 Å². The molecule has 1 fully saturated rings. The van der Waals surface area contributed by atoms with E-state index in [-0.39, 0.29) is 17.8 Å². The van der Waals surface area contributed by atoms with E-state index < -0.39 is 0 Å². The molecule has 3 rings (SSSR count). The van der Waals surface area contributed by atoms with Crippen LogP contribution in [0.15, 0.2) is 42.7 Å². The Labute approximate surface area is 134 Å². The van der Waals surface area contributed by atoms with Gasteiger partial charge in [-0.25, -0.2) is 4.39 Å². The van der Waals surface area contributed by atoms with Crippen LogP contribution in [-0.2, 0) is 11.3 Å². The van der Waals surface area contributed by atoms with Gasteiger partial charge in [-0.15, -0.1) is 0 Å². The number of carbonyl (C=O) groups is 1. The molecule has 2 heterocycles. The maximum atomic E-state index is 13.1. The first-order valence-electron chi connectivity index (χ1n) is 7.64. The number of hydrogen-bond acceptors (Lipinski definition) is 4. The molecule has 1 aromatic carbocycles. The van der Waals surface area contributed by atoms with E-state index in [4.69, 9.17) is 4.74 Å². The third-order valence-electron chi connectivity index (χ3n) is 3.85. The Kier molecular flexibility index (Phi) is 4.92. The maximum Gasteiger partial charge on any atom is 0.255 e. The summed E-state index contributed by atoms with van der Waals surface area (Å²) < 4.78 is 18.7. The van der Waals surface area contributed by atoms with Gasteiger partial charge in [0.15, 0.2) is 0 Å². The molecular formula is C17H18FN3O2. The summed E-state index contributed by atoms with van der Waals surface area (Å²) in [6.45, 7) is 1.65. The number of rotatable bonds is 5. The average molecular weight is 315 g/mol. The molecule has 1 atom stereocenters. The third kappa shape index (κ3) is 4.10. The lowest BCUT2D eigenvalue weighted by Crippen LogP contribution is -2.37. The molecule has 1 aliphatic rings. The molecule has 1 saturated heterocycles. The van der Waals surface area contributed by atoms with Crippen molar-refractivity contribution in [1.82, 2.24) is 15.1 Å². The predicted octanol–water partition coefficient (Wildman–Crippen LogP) is 2.44. The topological polar surface area (TPSA) is 55.3 Å². The molecule has 1 amide bonds. The van der Waals surface area contributed by atoms with E-state index in [1.54, 1.807) is 23.1 Å². The molecule has 0 radical (unpaired) electrons. The lowest BCUT2D eigenvalue weighted by atomic mass is 10.1. The summed E-state index contributed by atoms with van der Waals surface area (Å²) in [7, 11) is 0. The zero-order valence-corrected chi connectivity index (χ0v) is 12.7. The van der Waals surface area contributed by atoms with Crippen LogP contribution >= 0.6 is 0 Å². The van der Waals surface area contributed by atoms with Gasteiger partial charge in [-0.2, -0.15) is 10.2 Å². The molecule has 0 spiro atoms. The molecule has 1 aromatic heterocycles. The monoisotopic (exact) mass is 315 g/mol. The molecule has 0 bridgehead atoms. The maximum absolute atomic E-state index is 13.1. The summed E-state index contributed by atoms with van der Waals surface area (Å²) in [4.78, 5) is 14.5. The lowest BCUT2D eigenvalue weighted by Gasteiger charge is -2.25. The van der Waals surface area contributed by atoms with Crippen LogP contribution < -0.4 is 0 Å². The SMILES string of the molecule is O=C(c1ccnnc1)N(Cc1ccc(F)cc1)C[C@@H]1CCCO1. The van der Waals surface area contributed by atoms with E-state index >= 15 is 0 Å². The van der Waals surface area contributed by atoms with Gasteiger partial charge in [0.1, 0.15) is 5.82 Å². The summed E-state index contributed by atoms with van der Waals surface area (Å²) in [6.07, 6.45) is 4.96. The van der Waals surface area contributed by atoms with Crippen LogP contribution in [0.1, 0.15) is 28.8 Å². The minimum absolute atomic E-state index is 0.0502. The normalized spacial score (nSPS) is 17.2. The Balaban J connectivity index is 1.77. The third-order valence-corrected chi connectivity index (χ3v) is 3.85. The summed E-state index contributed by atoms with van der Waals surface area (Å²) in [5, 5.41) is 7.46. The Bertz CT molecular complexity index is 643. The molecule has 5 nitrogen and oxygen atoms in total. The van der Waals surface area contributed by atoms with Crippen LogP contribution in [0.5, 0.6) is 0 Å². The number of benzene rings is 1. The fraction of sp³-hybridized carbons (Fsp3) is 0.353. The zero-order chi connectivity index (χ0) is 16.1. The summed E-state index contributed by atoms with van der Waals surface area (Å²) >= 11 is 0. The molecule has 0 unspecified atom stereocenters. The molecule has 120 valence electrons. The fourth-order valence-corrected chi connectivity index (χ4v) is 2.66. The van der Waals surface area contributed by atoms with Gasteiger partial charge in [-0.1, -0.05) is 12.1 Å². The van der Waals surface area contributed by atoms with Crippen molar-refractivity contribution in [2.45, 2.75) is 25.5 Å². The van der Waals surface area contributed by atoms with Crippen LogP contribution in [0.4, 0.5) is 4.39 Å². The molecular weight excluding hydrogens is 297 g/mol. The highest BCUT2D eigenvalue weighted by atomic mass is 19.1. The molecule has 6 heteroatoms. The molecule has 0 aliphatic carbocycles. The van der Waals surface area contributed by atoms with Crippen LogP contribution in [0.2, 0.25) is 0 Å². The summed E-state index contributed by atoms with van der Waals surface area (Å²) in [5.41, 5.74) is 1.36. The Morgan fingerprint density at radius 1 is 1.26 bits per heavy atom. The van der Waals surface area contributed by atoms with Crippen molar-refractivity contribution in [3.63, 3.8) is 0 Å². The van der Waals surface area contributed by atoms with Crippen molar-refractivity contribution < 1.29 is 13.9 Å². The van der Waals surface area contributed by atoms with E-state index in [2.05, 4.69) is 10.2 Å². The van der Waals surface area contributed by atoms with E-state index in [1.165, 1.54) is 24.5 Å². The van der Waals surface area contributed by atoms with Crippen molar-refractivity contribution in [3.05, 3.63) is 59.7 Å². The average Bonchev–Trinajstić information content (AvgIpc) is 3.09. The Morgan fingerprint density at radius 3 is 2.74 bits per heavy atom. The van der Waals surface area contributed by atoms with Crippen molar-refractivity contribution >= 4 is 5.91 Å². The highest BCUT2D eigenvalue weighted by Gasteiger charge is 2.23. The van der Waals surface area contributed by atoms with Gasteiger partial charge in [-0.3, -0.25) is 4.79 Å². The van der Waals surface area contributed by atoms with Gasteiger partial charge < -0.3 is 9.64 Å². The number of carbonyl (C=O) groups excluding carboxylic acids is 1. The van der Waals surface area contributed by atoms with Crippen molar-refractivity contribution in [3.8, 4) is 0 Å². The number of amides is 1. The van der Waals surface area contributed by atoms with Gasteiger partial charge in [0.05, 0.1) is 24.1 Å². The summed E-state index contributed by atoms with van der Waals surface area (Å²) in [6, 6.07) is 7.82. The van der Waals surface area contributed by atoms with Crippen molar-refractivity contribution in [2.24, 2.45) is 0 Å². The minimum Gasteiger partial charge on any atom is -0.376 e. The first-order valence-corrected chi connectivity index (χ1v) is 7.64. The first kappa shape index (κ1) is 15.6. The Hall–Kier alpha value is -2.34. The van der Waals surface area contributed by atoms with Gasteiger partial charge in [0, 0.05) is 19.7 Å². The lowest BCUT2D eigenvalue weighted by molar-refractivity contribution is 0.0507. The van der Waals surface area contributed by atoms with Gasteiger partial charge in [-0.05, 0) is 36.6 Å². The highest BCUT2D eigenvalue weighted by molar-refractivity contribution is 5.93. The number of halogens is 1. The number of nitrogens with zero attached hydrogens (tertiary/aromatic N) is 3. The van der Waals surface area contributed by atoms with E-state index in [1.807, 2.05) is 0 Å². The predicted molar refractivity (Wildman–Crippen MR) is 82.1 cm³/mol. The van der Waals surface area contributed by atoms with Crippen LogP contribution in [-0.4, -0.2) is 40.3 Å². The zero-order valence-electron chi connectivity index (χ0n) is 12.7. The van der Waals surface area contributed by atoms with Gasteiger partial charge in [0.2, 0.25) is 0 Å². The molecule has 0 saturated carbocycles. The summed E-state index contributed by atoms with van der Waals surface area (Å²) in [5.74, 6) is -0.413. The van der Waals surface area contributed by atoms with Crippen LogP contribution in [0.25, 0.3) is 0 Å². The molecule has 1 aliphatic heterocycles. The number of hydrogen-bond donors (Lipinski definition) is 0. The highest BCUT2D eigenvalue weighted by Crippen LogP contribution is 2.17. The van der Waals surface area contributed by atoms with Crippen molar-refractivity contribution in [1.29, 1.82) is 0 Å². The quantitative estimate of drug-likeness (QED) is 0.850. The number of ether oxygens (including phenoxy) is 1. The van der Waals surface area contributed by atoms with Crippen LogP contribution in [0.3, 0.4) is 0 Å². The first-order chi connectivity index (χ1) is 11.2. The second kappa shape index (κ2) is 7.28. The molecule has 0 N–H and O–H groups in total. The standard InChI is InChI=1S/C17H18FN3O2/c18-15-5-3-13(4-6-15)11-21(12-16-2-1-9-23-16)17(22)14-7-8-19-20-10-14/h3-8,10,16H,1-2,9,11-12H2/t16-/m0/s1.